The van der Waals surface area contributed by atoms with Crippen molar-refractivity contribution in [3.8, 4) is 0 Å². The number of allylic oxidation sites excluding steroid dienone is 2. The number of hydrogen-bond donors (Lipinski definition) is 0. The first-order chi connectivity index (χ1) is 21.6. The van der Waals surface area contributed by atoms with Gasteiger partial charge in [-0.3, -0.25) is 9.59 Å². The van der Waals surface area contributed by atoms with Crippen molar-refractivity contribution >= 4 is 11.9 Å². The van der Waals surface area contributed by atoms with E-state index in [-0.39, 0.29) is 18.5 Å². The molecule has 0 saturated carbocycles. The van der Waals surface area contributed by atoms with Crippen molar-refractivity contribution in [2.45, 2.75) is 207 Å². The van der Waals surface area contributed by atoms with Gasteiger partial charge in [0.05, 0.1) is 6.61 Å². The van der Waals surface area contributed by atoms with Crippen LogP contribution in [0.15, 0.2) is 12.2 Å². The van der Waals surface area contributed by atoms with Gasteiger partial charge in [-0.15, -0.1) is 0 Å². The molecule has 260 valence electrons. The molecule has 0 fully saturated rings. The number of ether oxygens (including phenoxy) is 3. The molecule has 0 aliphatic carbocycles. The third-order valence-electron chi connectivity index (χ3n) is 8.30. The molecule has 0 aromatic heterocycles. The van der Waals surface area contributed by atoms with Gasteiger partial charge >= 0.3 is 11.9 Å². The van der Waals surface area contributed by atoms with Crippen LogP contribution in [0.1, 0.15) is 201 Å². The van der Waals surface area contributed by atoms with E-state index in [1.165, 1.54) is 116 Å². The molecule has 0 aromatic rings. The zero-order chi connectivity index (χ0) is 32.2. The monoisotopic (exact) mass is 623 g/mol. The highest BCUT2D eigenvalue weighted by molar-refractivity contribution is 5.70. The van der Waals surface area contributed by atoms with Gasteiger partial charge in [0.1, 0.15) is 6.61 Å². The number of unbranched alkanes of at least 4 members (excludes halogenated alkanes) is 22. The van der Waals surface area contributed by atoms with Crippen LogP contribution < -0.4 is 0 Å². The average molecular weight is 623 g/mol. The quantitative estimate of drug-likeness (QED) is 0.0400. The summed E-state index contributed by atoms with van der Waals surface area (Å²) in [4.78, 5) is 24.6. The molecule has 0 N–H and O–H groups in total. The van der Waals surface area contributed by atoms with Crippen LogP contribution >= 0.6 is 0 Å². The summed E-state index contributed by atoms with van der Waals surface area (Å²) in [6, 6.07) is 0. The SMILES string of the molecule is CCCCCCCC/C=C\CCCCCCCCCCOCC(COC(=O)CCCCCCC)OC(=O)CCCCCCC. The Morgan fingerprint density at radius 3 is 1.39 bits per heavy atom. The summed E-state index contributed by atoms with van der Waals surface area (Å²) in [6.45, 7) is 7.68. The van der Waals surface area contributed by atoms with Gasteiger partial charge < -0.3 is 14.2 Å². The summed E-state index contributed by atoms with van der Waals surface area (Å²) < 4.78 is 17.0. The molecule has 44 heavy (non-hydrogen) atoms. The van der Waals surface area contributed by atoms with E-state index in [0.29, 0.717) is 26.1 Å². The fraction of sp³-hybridized carbons (Fsp3) is 0.897. The zero-order valence-corrected chi connectivity index (χ0v) is 29.7. The van der Waals surface area contributed by atoms with Crippen molar-refractivity contribution in [2.75, 3.05) is 19.8 Å². The first kappa shape index (κ1) is 42.6. The Labute approximate surface area is 274 Å². The lowest BCUT2D eigenvalue weighted by Crippen LogP contribution is -2.30. The lowest BCUT2D eigenvalue weighted by molar-refractivity contribution is -0.163. The van der Waals surface area contributed by atoms with E-state index in [0.717, 1.165) is 51.4 Å². The number of hydrogen-bond acceptors (Lipinski definition) is 5. The second-order valence-corrected chi connectivity index (χ2v) is 12.8. The van der Waals surface area contributed by atoms with Gasteiger partial charge in [-0.2, -0.15) is 0 Å². The molecule has 0 rings (SSSR count). The predicted molar refractivity (Wildman–Crippen MR) is 187 cm³/mol. The van der Waals surface area contributed by atoms with Crippen molar-refractivity contribution < 1.29 is 23.8 Å². The highest BCUT2D eigenvalue weighted by Crippen LogP contribution is 2.13. The molecule has 0 spiro atoms. The highest BCUT2D eigenvalue weighted by Gasteiger charge is 2.17. The van der Waals surface area contributed by atoms with E-state index < -0.39 is 6.10 Å². The fourth-order valence-electron chi connectivity index (χ4n) is 5.38. The third kappa shape index (κ3) is 33.5. The summed E-state index contributed by atoms with van der Waals surface area (Å²) in [6.07, 6.45) is 36.8. The van der Waals surface area contributed by atoms with Gasteiger partial charge in [0.25, 0.3) is 0 Å². The highest BCUT2D eigenvalue weighted by atomic mass is 16.6. The maximum absolute atomic E-state index is 12.4. The van der Waals surface area contributed by atoms with Gasteiger partial charge in [-0.05, 0) is 44.9 Å². The van der Waals surface area contributed by atoms with Crippen molar-refractivity contribution in [3.63, 3.8) is 0 Å². The lowest BCUT2D eigenvalue weighted by Gasteiger charge is -2.18. The minimum absolute atomic E-state index is 0.0876. The number of carbonyl (C=O) groups is 2. The van der Waals surface area contributed by atoms with E-state index >= 15 is 0 Å². The van der Waals surface area contributed by atoms with E-state index in [1.807, 2.05) is 0 Å². The average Bonchev–Trinajstić information content (AvgIpc) is 3.02. The Balaban J connectivity index is 3.93. The smallest absolute Gasteiger partial charge is 0.306 e. The van der Waals surface area contributed by atoms with E-state index in [2.05, 4.69) is 32.9 Å². The van der Waals surface area contributed by atoms with E-state index in [9.17, 15) is 9.59 Å². The van der Waals surface area contributed by atoms with Crippen LogP contribution in [0.25, 0.3) is 0 Å². The van der Waals surface area contributed by atoms with Gasteiger partial charge in [0.2, 0.25) is 0 Å². The molecule has 0 aromatic carbocycles. The van der Waals surface area contributed by atoms with Crippen LogP contribution in [0.5, 0.6) is 0 Å². The molecule has 0 heterocycles. The van der Waals surface area contributed by atoms with Gasteiger partial charge in [0, 0.05) is 19.4 Å². The van der Waals surface area contributed by atoms with Crippen LogP contribution in [0, 0.1) is 0 Å². The van der Waals surface area contributed by atoms with Gasteiger partial charge in [-0.1, -0.05) is 155 Å². The molecule has 5 heteroatoms. The first-order valence-corrected chi connectivity index (χ1v) is 19.2. The van der Waals surface area contributed by atoms with Crippen LogP contribution in [-0.4, -0.2) is 37.9 Å². The Morgan fingerprint density at radius 1 is 0.477 bits per heavy atom. The first-order valence-electron chi connectivity index (χ1n) is 19.2. The van der Waals surface area contributed by atoms with Crippen molar-refractivity contribution in [1.29, 1.82) is 0 Å². The van der Waals surface area contributed by atoms with Crippen LogP contribution in [0.3, 0.4) is 0 Å². The van der Waals surface area contributed by atoms with Gasteiger partial charge in [-0.25, -0.2) is 0 Å². The standard InChI is InChI=1S/C39H74O5/c1-4-7-10-13-14-15-16-17-18-19-20-21-22-23-24-25-28-31-34-42-35-37(44-39(41)33-30-27-12-9-6-3)36-43-38(40)32-29-26-11-8-5-2/h17-18,37H,4-16,19-36H2,1-3H3/b18-17-. The zero-order valence-electron chi connectivity index (χ0n) is 29.7. The lowest BCUT2D eigenvalue weighted by atomic mass is 10.1. The second kappa shape index (κ2) is 36.1. The van der Waals surface area contributed by atoms with Crippen LogP contribution in [0.2, 0.25) is 0 Å². The van der Waals surface area contributed by atoms with Crippen molar-refractivity contribution in [2.24, 2.45) is 0 Å². The molecule has 0 amide bonds. The normalized spacial score (nSPS) is 12.2. The molecule has 0 radical (unpaired) electrons. The molecule has 0 aliphatic rings. The summed E-state index contributed by atoms with van der Waals surface area (Å²) in [5.74, 6) is -0.419. The van der Waals surface area contributed by atoms with Crippen molar-refractivity contribution in [1.82, 2.24) is 0 Å². The molecular weight excluding hydrogens is 548 g/mol. The second-order valence-electron chi connectivity index (χ2n) is 12.8. The molecule has 0 bridgehead atoms. The van der Waals surface area contributed by atoms with E-state index in [1.54, 1.807) is 0 Å². The Morgan fingerprint density at radius 2 is 0.886 bits per heavy atom. The maximum Gasteiger partial charge on any atom is 0.306 e. The van der Waals surface area contributed by atoms with Crippen molar-refractivity contribution in [3.05, 3.63) is 12.2 Å². The minimum Gasteiger partial charge on any atom is -0.462 e. The minimum atomic E-state index is -0.521. The Bertz CT molecular complexity index is 632. The predicted octanol–water partition coefficient (Wildman–Crippen LogP) is 12.0. The topological polar surface area (TPSA) is 61.8 Å². The summed E-state index contributed by atoms with van der Waals surface area (Å²) in [7, 11) is 0. The summed E-state index contributed by atoms with van der Waals surface area (Å²) in [5, 5.41) is 0. The molecule has 0 saturated heterocycles. The summed E-state index contributed by atoms with van der Waals surface area (Å²) in [5.41, 5.74) is 0. The molecule has 1 atom stereocenters. The largest absolute Gasteiger partial charge is 0.462 e. The van der Waals surface area contributed by atoms with Crippen LogP contribution in [-0.2, 0) is 23.8 Å². The number of esters is 2. The number of rotatable bonds is 35. The molecule has 5 nitrogen and oxygen atoms in total. The van der Waals surface area contributed by atoms with Crippen LogP contribution in [0.4, 0.5) is 0 Å². The Kier molecular flexibility index (Phi) is 35.0. The van der Waals surface area contributed by atoms with Gasteiger partial charge in [0.15, 0.2) is 6.10 Å². The third-order valence-corrected chi connectivity index (χ3v) is 8.30. The molecule has 0 aliphatic heterocycles. The van der Waals surface area contributed by atoms with E-state index in [4.69, 9.17) is 14.2 Å². The number of carbonyl (C=O) groups excluding carboxylic acids is 2. The molecule has 1 unspecified atom stereocenters. The fourth-order valence-corrected chi connectivity index (χ4v) is 5.38. The summed E-state index contributed by atoms with van der Waals surface area (Å²) >= 11 is 0. The maximum atomic E-state index is 12.4. The molecular formula is C39H74O5. The Hall–Kier alpha value is -1.36.